The highest BCUT2D eigenvalue weighted by Gasteiger charge is 2.36. The second kappa shape index (κ2) is 9.28. The number of anilines is 1. The maximum Gasteiger partial charge on any atom is 0.229 e. The molecule has 0 saturated carbocycles. The van der Waals surface area contributed by atoms with E-state index in [4.69, 9.17) is 0 Å². The van der Waals surface area contributed by atoms with Crippen LogP contribution in [-0.4, -0.2) is 58.9 Å². The molecule has 2 aromatic rings. The minimum Gasteiger partial charge on any atom is -0.301 e. The summed E-state index contributed by atoms with van der Waals surface area (Å²) < 4.78 is 53.3. The molecule has 1 aliphatic heterocycles. The second-order valence-electron chi connectivity index (χ2n) is 8.35. The summed E-state index contributed by atoms with van der Waals surface area (Å²) in [4.78, 5) is 2.26. The molecule has 0 aromatic heterocycles. The number of nitrogens with one attached hydrogen (secondary N) is 2. The lowest BCUT2D eigenvalue weighted by Gasteiger charge is -2.22. The molecule has 0 unspecified atom stereocenters. The smallest absolute Gasteiger partial charge is 0.229 e. The highest BCUT2D eigenvalue weighted by Crippen LogP contribution is 2.31. The number of hydrogen-bond acceptors (Lipinski definition) is 5. The van der Waals surface area contributed by atoms with Gasteiger partial charge in [0.2, 0.25) is 20.0 Å². The first-order chi connectivity index (χ1) is 14.5. The Labute approximate surface area is 186 Å². The molecule has 0 amide bonds. The van der Waals surface area contributed by atoms with Crippen molar-refractivity contribution in [3.05, 3.63) is 54.1 Å². The van der Waals surface area contributed by atoms with Gasteiger partial charge in [-0.1, -0.05) is 43.3 Å². The maximum atomic E-state index is 12.4. The van der Waals surface area contributed by atoms with Crippen molar-refractivity contribution in [2.75, 3.05) is 30.6 Å². The van der Waals surface area contributed by atoms with Crippen LogP contribution in [0.25, 0.3) is 11.1 Å². The molecule has 0 bridgehead atoms. The van der Waals surface area contributed by atoms with E-state index in [1.807, 2.05) is 36.4 Å². The predicted octanol–water partition coefficient (Wildman–Crippen LogP) is 2.84. The summed E-state index contributed by atoms with van der Waals surface area (Å²) in [5, 5.41) is -0.473. The average Bonchev–Trinajstić information content (AvgIpc) is 3.09. The Balaban J connectivity index is 1.83. The van der Waals surface area contributed by atoms with Crippen LogP contribution in [0.3, 0.4) is 0 Å². The number of benzene rings is 2. The van der Waals surface area contributed by atoms with Gasteiger partial charge in [0.1, 0.15) is 0 Å². The van der Waals surface area contributed by atoms with Crippen molar-refractivity contribution in [1.82, 2.24) is 9.62 Å². The molecule has 2 atom stereocenters. The van der Waals surface area contributed by atoms with Crippen molar-refractivity contribution in [3.8, 4) is 11.1 Å². The van der Waals surface area contributed by atoms with Gasteiger partial charge in [0, 0.05) is 30.7 Å². The average molecular weight is 466 g/mol. The number of likely N-dealkylation sites (tertiary alicyclic amines) is 1. The zero-order valence-corrected chi connectivity index (χ0v) is 20.0. The summed E-state index contributed by atoms with van der Waals surface area (Å²) in [7, 11) is -6.70. The molecular weight excluding hydrogens is 434 g/mol. The molecule has 2 aromatic carbocycles. The SMILES string of the molecule is CCN1C[C@@H](NS(=O)(=O)C(C)C)[C@H](c2ccc(-c3cccc(NS(C)(=O)=O)c3)cc2)C1. The molecule has 0 aliphatic carbocycles. The van der Waals surface area contributed by atoms with Crippen LogP contribution >= 0.6 is 0 Å². The Morgan fingerprint density at radius 1 is 1.00 bits per heavy atom. The van der Waals surface area contributed by atoms with E-state index in [0.29, 0.717) is 12.2 Å². The predicted molar refractivity (Wildman–Crippen MR) is 126 cm³/mol. The van der Waals surface area contributed by atoms with Gasteiger partial charge in [0.05, 0.1) is 11.5 Å². The number of sulfonamides is 2. The van der Waals surface area contributed by atoms with Crippen molar-refractivity contribution in [3.63, 3.8) is 0 Å². The normalized spacial score (nSPS) is 20.3. The van der Waals surface area contributed by atoms with E-state index in [1.54, 1.807) is 26.0 Å². The standard InChI is InChI=1S/C22H31N3O4S2/c1-5-25-14-21(22(15-25)24-31(28,29)16(2)3)18-11-9-17(10-12-18)19-7-6-8-20(13-19)23-30(4,26)27/h6-13,16,21-24H,5,14-15H2,1-4H3/t21-,22+/m0/s1. The van der Waals surface area contributed by atoms with Gasteiger partial charge in [-0.15, -0.1) is 0 Å². The lowest BCUT2D eigenvalue weighted by Crippen LogP contribution is -2.42. The molecule has 1 heterocycles. The van der Waals surface area contributed by atoms with Gasteiger partial charge >= 0.3 is 0 Å². The third kappa shape index (κ3) is 6.06. The largest absolute Gasteiger partial charge is 0.301 e. The van der Waals surface area contributed by atoms with Gasteiger partial charge in [0.15, 0.2) is 0 Å². The molecule has 170 valence electrons. The molecule has 1 saturated heterocycles. The van der Waals surface area contributed by atoms with Crippen molar-refractivity contribution in [2.45, 2.75) is 38.0 Å². The topological polar surface area (TPSA) is 95.6 Å². The van der Waals surface area contributed by atoms with E-state index in [-0.39, 0.29) is 12.0 Å². The number of nitrogens with zero attached hydrogens (tertiary/aromatic N) is 1. The lowest BCUT2D eigenvalue weighted by atomic mass is 9.93. The Bertz CT molecular complexity index is 1110. The first kappa shape index (κ1) is 23.7. The molecular formula is C22H31N3O4S2. The first-order valence-electron chi connectivity index (χ1n) is 10.4. The Morgan fingerprint density at radius 2 is 1.68 bits per heavy atom. The van der Waals surface area contributed by atoms with E-state index in [0.717, 1.165) is 36.0 Å². The van der Waals surface area contributed by atoms with Gasteiger partial charge < -0.3 is 4.90 Å². The molecule has 1 aliphatic rings. The molecule has 0 radical (unpaired) electrons. The molecule has 9 heteroatoms. The van der Waals surface area contributed by atoms with Crippen LogP contribution in [0, 0.1) is 0 Å². The van der Waals surface area contributed by atoms with E-state index in [9.17, 15) is 16.8 Å². The lowest BCUT2D eigenvalue weighted by molar-refractivity contribution is 0.348. The van der Waals surface area contributed by atoms with Crippen LogP contribution in [0.15, 0.2) is 48.5 Å². The Kier molecular flexibility index (Phi) is 7.10. The summed E-state index contributed by atoms with van der Waals surface area (Å²) in [6.07, 6.45) is 1.12. The summed E-state index contributed by atoms with van der Waals surface area (Å²) in [6.45, 7) is 7.81. The van der Waals surface area contributed by atoms with Gasteiger partial charge in [-0.05, 0) is 49.2 Å². The van der Waals surface area contributed by atoms with Gasteiger partial charge in [-0.3, -0.25) is 4.72 Å². The van der Waals surface area contributed by atoms with Gasteiger partial charge in [-0.2, -0.15) is 0 Å². The highest BCUT2D eigenvalue weighted by atomic mass is 32.2. The van der Waals surface area contributed by atoms with E-state index < -0.39 is 25.3 Å². The fourth-order valence-corrected chi connectivity index (χ4v) is 5.33. The molecule has 1 fully saturated rings. The third-order valence-electron chi connectivity index (χ3n) is 5.62. The van der Waals surface area contributed by atoms with Crippen LogP contribution in [-0.2, 0) is 20.0 Å². The van der Waals surface area contributed by atoms with Gasteiger partial charge in [-0.25, -0.2) is 21.6 Å². The quantitative estimate of drug-likeness (QED) is 0.625. The summed E-state index contributed by atoms with van der Waals surface area (Å²) >= 11 is 0. The number of hydrogen-bond donors (Lipinski definition) is 2. The first-order valence-corrected chi connectivity index (χ1v) is 13.8. The Morgan fingerprint density at radius 3 is 2.26 bits per heavy atom. The van der Waals surface area contributed by atoms with Gasteiger partial charge in [0.25, 0.3) is 0 Å². The maximum absolute atomic E-state index is 12.4. The molecule has 31 heavy (non-hydrogen) atoms. The van der Waals surface area contributed by atoms with Crippen molar-refractivity contribution >= 4 is 25.7 Å². The third-order valence-corrected chi connectivity index (χ3v) is 8.10. The highest BCUT2D eigenvalue weighted by molar-refractivity contribution is 7.92. The fraction of sp³-hybridized carbons (Fsp3) is 0.455. The Hall–Kier alpha value is -1.94. The zero-order valence-electron chi connectivity index (χ0n) is 18.4. The fourth-order valence-electron chi connectivity index (χ4n) is 3.85. The van der Waals surface area contributed by atoms with E-state index in [1.165, 1.54) is 0 Å². The summed E-state index contributed by atoms with van der Waals surface area (Å²) in [5.74, 6) is 0.0701. The summed E-state index contributed by atoms with van der Waals surface area (Å²) in [5.41, 5.74) is 3.47. The van der Waals surface area contributed by atoms with E-state index in [2.05, 4.69) is 21.3 Å². The van der Waals surface area contributed by atoms with E-state index >= 15 is 0 Å². The minimum atomic E-state index is -3.36. The molecule has 2 N–H and O–H groups in total. The van der Waals surface area contributed by atoms with Crippen molar-refractivity contribution in [2.24, 2.45) is 0 Å². The zero-order chi connectivity index (χ0) is 22.8. The minimum absolute atomic E-state index is 0.0701. The number of rotatable bonds is 8. The molecule has 7 nitrogen and oxygen atoms in total. The van der Waals surface area contributed by atoms with Crippen LogP contribution in [0.1, 0.15) is 32.3 Å². The molecule has 3 rings (SSSR count). The van der Waals surface area contributed by atoms with Crippen LogP contribution < -0.4 is 9.44 Å². The van der Waals surface area contributed by atoms with Crippen LogP contribution in [0.2, 0.25) is 0 Å². The second-order valence-corrected chi connectivity index (χ2v) is 12.4. The van der Waals surface area contributed by atoms with Crippen LogP contribution in [0.5, 0.6) is 0 Å². The van der Waals surface area contributed by atoms with Crippen molar-refractivity contribution in [1.29, 1.82) is 0 Å². The summed E-state index contributed by atoms with van der Waals surface area (Å²) in [6, 6.07) is 15.1. The van der Waals surface area contributed by atoms with Crippen molar-refractivity contribution < 1.29 is 16.8 Å². The molecule has 0 spiro atoms. The van der Waals surface area contributed by atoms with Crippen LogP contribution in [0.4, 0.5) is 5.69 Å². The monoisotopic (exact) mass is 465 g/mol. The number of likely N-dealkylation sites (N-methyl/N-ethyl adjacent to an activating group) is 1.